The smallest absolute Gasteiger partial charge is 0.407 e. The fraction of sp³-hybridized carbons (Fsp3) is 0.465. The van der Waals surface area contributed by atoms with E-state index in [0.717, 1.165) is 59.5 Å². The van der Waals surface area contributed by atoms with Gasteiger partial charge in [-0.05, 0) is 68.6 Å². The first kappa shape index (κ1) is 72.2. The molecule has 6 aromatic rings. The first-order valence-corrected chi connectivity index (χ1v) is 32.5. The van der Waals surface area contributed by atoms with Gasteiger partial charge in [-0.2, -0.15) is 0 Å². The van der Waals surface area contributed by atoms with Gasteiger partial charge in [0.05, 0.1) is 72.4 Å². The van der Waals surface area contributed by atoms with Crippen molar-refractivity contribution in [3.8, 4) is 0 Å². The second-order valence-electron chi connectivity index (χ2n) is 23.9. The van der Waals surface area contributed by atoms with Crippen molar-refractivity contribution < 1.29 is 95.3 Å². The molecule has 27 nitrogen and oxygen atoms in total. The molecule has 4 aliphatic heterocycles. The van der Waals surface area contributed by atoms with Crippen LogP contribution in [0.4, 0.5) is 4.79 Å². The summed E-state index contributed by atoms with van der Waals surface area (Å²) in [4.78, 5) is 60.3. The second-order valence-corrected chi connectivity index (χ2v) is 23.9. The standard InChI is InChI=1S/C71H81N7O20/c1-45(79)92-56(42-85-37-47-21-9-4-10-22-47)62(93-46(2)80)64-58-54(96-70(83)75-58)36-71(98-64,69(82)84-3)91-44-55-60(81)65(89-41-51-31-32-52-29-17-18-30-53(52)35-51)66(90-40-50-27-15-7-16-28-50)68(94-55)97-61-57(43-86-38-48-23-11-5-12-24-48)95-67(87-34-20-8-19-33-74-77-72)59(76-78-73)63(61)88-39-49-25-13-6-14-26-49/h4-7,9-18,21-32,35,54-68,81H,8,19-20,33-34,36-44H2,1-3H3,(H,75,83)/t54-,55+,56+,57+,58+,59+,60-,61+,62+,63+,64+,65-,66+,67+,68-,71+/m0/s1. The number of aliphatic hydroxyl groups excluding tert-OH is 1. The number of aliphatic hydroxyl groups is 1. The zero-order valence-electron chi connectivity index (χ0n) is 54.5. The van der Waals surface area contributed by atoms with Crippen LogP contribution in [0.5, 0.6) is 0 Å². The molecule has 4 heterocycles. The Bertz CT molecular complexity index is 3620. The van der Waals surface area contributed by atoms with E-state index in [2.05, 4.69) is 25.4 Å². The van der Waals surface area contributed by atoms with Crippen LogP contribution in [0.3, 0.4) is 0 Å². The number of carbonyl (C=O) groups excluding carboxylic acids is 4. The van der Waals surface area contributed by atoms with Crippen molar-refractivity contribution in [3.63, 3.8) is 0 Å². The minimum atomic E-state index is -2.57. The van der Waals surface area contributed by atoms with Gasteiger partial charge in [0, 0.05) is 36.8 Å². The van der Waals surface area contributed by atoms with E-state index in [4.69, 9.17) is 76.6 Å². The third-order valence-corrected chi connectivity index (χ3v) is 17.0. The SMILES string of the molecule is COC(=O)[C@@]1(OC[C@H]2O[C@@H](O[C@H]3[C@H](OCc4ccccc4)[C@@H](N=[N+]=[N-])[C@H](OCCCCCN=[N+]=[N-])O[C@@H]3COCc3ccccc3)[C@H](OCc3ccccc3)[C@@H](OCc3ccc4ccccc4c3)[C@H]2O)C[C@@H]2OC(=O)N[C@H]2[C@H]([C@H](OC(C)=O)[C@@H](COCc2ccccc2)OC(C)=O)O1. The number of hydrogen-bond donors (Lipinski definition) is 2. The van der Waals surface area contributed by atoms with Gasteiger partial charge in [-0.15, -0.1) is 0 Å². The fourth-order valence-electron chi connectivity index (χ4n) is 12.3. The number of alkyl carbamates (subject to hydrolysis) is 1. The number of methoxy groups -OCH3 is 1. The summed E-state index contributed by atoms with van der Waals surface area (Å²) in [5.74, 6) is -5.37. The Morgan fingerprint density at radius 2 is 1.22 bits per heavy atom. The van der Waals surface area contributed by atoms with Crippen LogP contribution in [-0.4, -0.2) is 167 Å². The van der Waals surface area contributed by atoms with Crippen molar-refractivity contribution in [2.45, 2.75) is 170 Å². The molecule has 0 unspecified atom stereocenters. The van der Waals surface area contributed by atoms with Crippen LogP contribution in [0.1, 0.15) is 67.3 Å². The lowest BCUT2D eigenvalue weighted by atomic mass is 9.88. The molecule has 98 heavy (non-hydrogen) atoms. The molecule has 16 atom stereocenters. The molecule has 4 saturated heterocycles. The molecule has 0 radical (unpaired) electrons. The molecule has 0 aliphatic carbocycles. The number of azide groups is 2. The summed E-state index contributed by atoms with van der Waals surface area (Å²) >= 11 is 0. The Balaban J connectivity index is 1.04. The van der Waals surface area contributed by atoms with E-state index in [1.54, 1.807) is 0 Å². The average molecular weight is 1350 g/mol. The molecule has 520 valence electrons. The number of esters is 3. The van der Waals surface area contributed by atoms with Gasteiger partial charge in [0.2, 0.25) is 0 Å². The zero-order valence-corrected chi connectivity index (χ0v) is 54.5. The molecule has 6 aromatic carbocycles. The number of fused-ring (bicyclic) bond motifs is 2. The van der Waals surface area contributed by atoms with E-state index in [1.807, 2.05) is 164 Å². The maximum atomic E-state index is 14.7. The number of ether oxygens (including phenoxy) is 15. The zero-order chi connectivity index (χ0) is 68.6. The van der Waals surface area contributed by atoms with Crippen molar-refractivity contribution in [1.29, 1.82) is 0 Å². The van der Waals surface area contributed by atoms with Gasteiger partial charge in [0.15, 0.2) is 24.8 Å². The van der Waals surface area contributed by atoms with Crippen LogP contribution in [0.15, 0.2) is 174 Å². The van der Waals surface area contributed by atoms with Gasteiger partial charge in [0.25, 0.3) is 5.79 Å². The second kappa shape index (κ2) is 36.3. The van der Waals surface area contributed by atoms with E-state index in [1.165, 1.54) is 0 Å². The Morgan fingerprint density at radius 3 is 1.86 bits per heavy atom. The number of nitrogens with one attached hydrogen (secondary N) is 1. The van der Waals surface area contributed by atoms with Crippen LogP contribution >= 0.6 is 0 Å². The molecule has 0 aromatic heterocycles. The van der Waals surface area contributed by atoms with Gasteiger partial charge in [-0.1, -0.05) is 174 Å². The predicted octanol–water partition coefficient (Wildman–Crippen LogP) is 9.72. The van der Waals surface area contributed by atoms with Gasteiger partial charge in [0.1, 0.15) is 61.0 Å². The third kappa shape index (κ3) is 19.6. The van der Waals surface area contributed by atoms with Crippen LogP contribution in [-0.2, 0) is 118 Å². The summed E-state index contributed by atoms with van der Waals surface area (Å²) in [7, 11) is 1.08. The molecular formula is C71H81N7O20. The Hall–Kier alpha value is -8.60. The van der Waals surface area contributed by atoms with E-state index in [-0.39, 0.29) is 52.9 Å². The summed E-state index contributed by atoms with van der Waals surface area (Å²) < 4.78 is 97.2. The molecule has 0 bridgehead atoms. The van der Waals surface area contributed by atoms with E-state index >= 15 is 0 Å². The summed E-state index contributed by atoms with van der Waals surface area (Å²) in [6.45, 7) is 1.42. The molecule has 10 rings (SSSR count). The van der Waals surface area contributed by atoms with Gasteiger partial charge in [-0.3, -0.25) is 9.59 Å². The molecule has 4 fully saturated rings. The number of benzene rings is 6. The Kier molecular flexibility index (Phi) is 26.7. The maximum Gasteiger partial charge on any atom is 0.407 e. The normalized spacial score (nSPS) is 26.4. The van der Waals surface area contributed by atoms with Crippen LogP contribution in [0, 0.1) is 0 Å². The van der Waals surface area contributed by atoms with E-state index in [9.17, 15) is 29.8 Å². The maximum absolute atomic E-state index is 14.7. The molecule has 27 heteroatoms. The summed E-state index contributed by atoms with van der Waals surface area (Å²) in [6.07, 6.45) is -18.1. The lowest BCUT2D eigenvalue weighted by Crippen LogP contribution is -2.67. The molecule has 0 spiro atoms. The van der Waals surface area contributed by atoms with Crippen LogP contribution in [0.2, 0.25) is 0 Å². The average Bonchev–Trinajstić information content (AvgIpc) is 1.37. The van der Waals surface area contributed by atoms with E-state index < -0.39 is 135 Å². The van der Waals surface area contributed by atoms with Crippen molar-refractivity contribution >= 4 is 34.8 Å². The fourth-order valence-corrected chi connectivity index (χ4v) is 12.3. The predicted molar refractivity (Wildman–Crippen MR) is 348 cm³/mol. The highest BCUT2D eigenvalue weighted by molar-refractivity contribution is 5.83. The Morgan fingerprint density at radius 1 is 0.633 bits per heavy atom. The van der Waals surface area contributed by atoms with E-state index in [0.29, 0.717) is 25.8 Å². The molecule has 0 saturated carbocycles. The van der Waals surface area contributed by atoms with Crippen molar-refractivity contribution in [2.75, 3.05) is 40.1 Å². The first-order valence-electron chi connectivity index (χ1n) is 32.5. The van der Waals surface area contributed by atoms with Gasteiger partial charge >= 0.3 is 24.0 Å². The third-order valence-electron chi connectivity index (χ3n) is 17.0. The molecule has 2 N–H and O–H groups in total. The van der Waals surface area contributed by atoms with Gasteiger partial charge < -0.3 is 81.5 Å². The summed E-state index contributed by atoms with van der Waals surface area (Å²) in [5.41, 5.74) is 23.1. The van der Waals surface area contributed by atoms with Gasteiger partial charge in [-0.25, -0.2) is 9.59 Å². The minimum Gasteiger partial charge on any atom is -0.465 e. The van der Waals surface area contributed by atoms with Crippen molar-refractivity contribution in [1.82, 2.24) is 5.32 Å². The minimum absolute atomic E-state index is 0.0252. The summed E-state index contributed by atoms with van der Waals surface area (Å²) in [6, 6.07) is 48.3. The molecule has 1 amide bonds. The summed E-state index contributed by atoms with van der Waals surface area (Å²) in [5, 5.41) is 25.6. The number of unbranched alkanes of at least 4 members (excludes halogenated alkanes) is 2. The van der Waals surface area contributed by atoms with Crippen molar-refractivity contribution in [3.05, 3.63) is 212 Å². The monoisotopic (exact) mass is 1350 g/mol. The quantitative estimate of drug-likeness (QED) is 0.00933. The number of rotatable bonds is 35. The topological polar surface area (TPSA) is 337 Å². The molecular weight excluding hydrogens is 1270 g/mol. The van der Waals surface area contributed by atoms with Crippen molar-refractivity contribution in [2.24, 2.45) is 10.2 Å². The largest absolute Gasteiger partial charge is 0.465 e. The highest BCUT2D eigenvalue weighted by Gasteiger charge is 2.62. The lowest BCUT2D eigenvalue weighted by molar-refractivity contribution is -0.369. The Labute approximate surface area is 566 Å². The number of amides is 1. The number of carbonyl (C=O) groups is 4. The van der Waals surface area contributed by atoms with Crippen LogP contribution in [0.25, 0.3) is 31.7 Å². The number of hydrogen-bond acceptors (Lipinski definition) is 22. The highest BCUT2D eigenvalue weighted by atomic mass is 16.8. The molecule has 4 aliphatic rings. The first-order chi connectivity index (χ1) is 47.8. The van der Waals surface area contributed by atoms with Crippen LogP contribution < -0.4 is 5.32 Å². The number of nitrogens with zero attached hydrogens (tertiary/aromatic N) is 6. The lowest BCUT2D eigenvalue weighted by Gasteiger charge is -2.50. The highest BCUT2D eigenvalue weighted by Crippen LogP contribution is 2.41.